The average Bonchev–Trinajstić information content (AvgIpc) is 2.63. The van der Waals surface area contributed by atoms with Crippen molar-refractivity contribution in [1.29, 1.82) is 0 Å². The van der Waals surface area contributed by atoms with E-state index in [2.05, 4.69) is 9.97 Å². The first-order chi connectivity index (χ1) is 11.6. The number of hydrogen-bond donors (Lipinski definition) is 2. The van der Waals surface area contributed by atoms with E-state index in [-0.39, 0.29) is 22.6 Å². The lowest BCUT2D eigenvalue weighted by Crippen LogP contribution is -2.06. The molecule has 24 heavy (non-hydrogen) atoms. The summed E-state index contributed by atoms with van der Waals surface area (Å²) >= 11 is 0. The quantitative estimate of drug-likeness (QED) is 0.565. The van der Waals surface area contributed by atoms with Gasteiger partial charge in [-0.3, -0.25) is 19.6 Å². The molecule has 118 valence electrons. The van der Waals surface area contributed by atoms with E-state index < -0.39 is 11.6 Å². The third kappa shape index (κ3) is 2.85. The number of phenolic OH excluding ortho intramolecular Hbond substituents is 2. The number of ketones is 2. The number of nitrogens with zero attached hydrogens (tertiary/aromatic N) is 2. The molecule has 0 saturated heterocycles. The first-order valence-electron chi connectivity index (χ1n) is 7.03. The lowest BCUT2D eigenvalue weighted by molar-refractivity contribution is 0.102. The van der Waals surface area contributed by atoms with Gasteiger partial charge in [-0.25, -0.2) is 0 Å². The molecule has 6 nitrogen and oxygen atoms in total. The van der Waals surface area contributed by atoms with Crippen LogP contribution in [-0.4, -0.2) is 31.7 Å². The van der Waals surface area contributed by atoms with Gasteiger partial charge in [0.25, 0.3) is 0 Å². The number of aromatic nitrogens is 2. The van der Waals surface area contributed by atoms with Gasteiger partial charge in [0.2, 0.25) is 0 Å². The first-order valence-corrected chi connectivity index (χ1v) is 7.03. The molecular formula is C18H12N2O4. The molecule has 0 aliphatic heterocycles. The van der Waals surface area contributed by atoms with Crippen molar-refractivity contribution in [2.45, 2.75) is 0 Å². The molecule has 1 aromatic carbocycles. The predicted octanol–water partition coefficient (Wildman–Crippen LogP) is 2.35. The summed E-state index contributed by atoms with van der Waals surface area (Å²) in [4.78, 5) is 32.4. The molecular weight excluding hydrogens is 308 g/mol. The second-order valence-electron chi connectivity index (χ2n) is 5.02. The standard InChI is InChI=1S/C18H12N2O4/c21-15-10-14(18(24)12-3-7-20-8-4-12)16(22)9-13(15)17(23)11-1-5-19-6-2-11/h1-10,21-22H. The summed E-state index contributed by atoms with van der Waals surface area (Å²) in [5.74, 6) is -1.72. The number of pyridine rings is 2. The Hall–Kier alpha value is -3.54. The zero-order chi connectivity index (χ0) is 17.1. The third-order valence-electron chi connectivity index (χ3n) is 3.49. The fourth-order valence-corrected chi connectivity index (χ4v) is 2.26. The molecule has 0 bridgehead atoms. The first kappa shape index (κ1) is 15.4. The maximum atomic E-state index is 12.4. The molecule has 3 aromatic rings. The van der Waals surface area contributed by atoms with Crippen LogP contribution in [-0.2, 0) is 0 Å². The van der Waals surface area contributed by atoms with Crippen LogP contribution >= 0.6 is 0 Å². The smallest absolute Gasteiger partial charge is 0.196 e. The minimum atomic E-state index is -0.479. The van der Waals surface area contributed by atoms with Gasteiger partial charge in [0.05, 0.1) is 11.1 Å². The summed E-state index contributed by atoms with van der Waals surface area (Å²) in [5, 5.41) is 20.3. The van der Waals surface area contributed by atoms with Crippen LogP contribution in [0.4, 0.5) is 0 Å². The van der Waals surface area contributed by atoms with Crippen LogP contribution < -0.4 is 0 Å². The molecule has 0 aliphatic carbocycles. The van der Waals surface area contributed by atoms with Crippen LogP contribution in [0.25, 0.3) is 0 Å². The fraction of sp³-hybridized carbons (Fsp3) is 0. The predicted molar refractivity (Wildman–Crippen MR) is 85.1 cm³/mol. The largest absolute Gasteiger partial charge is 0.507 e. The molecule has 0 radical (unpaired) electrons. The number of phenols is 2. The van der Waals surface area contributed by atoms with Gasteiger partial charge in [-0.1, -0.05) is 0 Å². The lowest BCUT2D eigenvalue weighted by atomic mass is 9.97. The Labute approximate surface area is 137 Å². The van der Waals surface area contributed by atoms with Crippen molar-refractivity contribution < 1.29 is 19.8 Å². The monoisotopic (exact) mass is 320 g/mol. The van der Waals surface area contributed by atoms with Crippen LogP contribution in [0.5, 0.6) is 11.5 Å². The molecule has 3 rings (SSSR count). The fourth-order valence-electron chi connectivity index (χ4n) is 2.26. The number of aromatic hydroxyl groups is 2. The summed E-state index contributed by atoms with van der Waals surface area (Å²) in [6.07, 6.45) is 5.80. The molecule has 0 spiro atoms. The summed E-state index contributed by atoms with van der Waals surface area (Å²) in [5.41, 5.74) is 0.441. The third-order valence-corrected chi connectivity index (χ3v) is 3.49. The minimum Gasteiger partial charge on any atom is -0.507 e. The van der Waals surface area contributed by atoms with E-state index in [1.54, 1.807) is 0 Å². The SMILES string of the molecule is O=C(c1ccncc1)c1cc(O)c(C(=O)c2ccncc2)cc1O. The van der Waals surface area contributed by atoms with E-state index in [0.717, 1.165) is 12.1 Å². The highest BCUT2D eigenvalue weighted by Crippen LogP contribution is 2.30. The van der Waals surface area contributed by atoms with Gasteiger partial charge in [-0.2, -0.15) is 0 Å². The van der Waals surface area contributed by atoms with E-state index in [0.29, 0.717) is 11.1 Å². The van der Waals surface area contributed by atoms with E-state index in [1.807, 2.05) is 0 Å². The maximum Gasteiger partial charge on any atom is 0.196 e. The Morgan fingerprint density at radius 3 is 1.33 bits per heavy atom. The Balaban J connectivity index is 2.01. The van der Waals surface area contributed by atoms with Gasteiger partial charge in [-0.05, 0) is 36.4 Å². The van der Waals surface area contributed by atoms with E-state index in [9.17, 15) is 19.8 Å². The number of carbonyl (C=O) groups is 2. The average molecular weight is 320 g/mol. The summed E-state index contributed by atoms with van der Waals surface area (Å²) in [6, 6.07) is 8.16. The molecule has 0 amide bonds. The van der Waals surface area contributed by atoms with Crippen molar-refractivity contribution >= 4 is 11.6 Å². The molecule has 6 heteroatoms. The highest BCUT2D eigenvalue weighted by molar-refractivity contribution is 6.14. The van der Waals surface area contributed by atoms with Crippen molar-refractivity contribution in [2.24, 2.45) is 0 Å². The topological polar surface area (TPSA) is 100 Å². The second-order valence-corrected chi connectivity index (χ2v) is 5.02. The Morgan fingerprint density at radius 1 is 0.667 bits per heavy atom. The van der Waals surface area contributed by atoms with Crippen LogP contribution in [0.2, 0.25) is 0 Å². The van der Waals surface area contributed by atoms with Crippen LogP contribution in [0.3, 0.4) is 0 Å². The van der Waals surface area contributed by atoms with Gasteiger partial charge in [-0.15, -0.1) is 0 Å². The van der Waals surface area contributed by atoms with Crippen molar-refractivity contribution in [3.63, 3.8) is 0 Å². The van der Waals surface area contributed by atoms with Gasteiger partial charge >= 0.3 is 0 Å². The summed E-state index contributed by atoms with van der Waals surface area (Å²) < 4.78 is 0. The second kappa shape index (κ2) is 6.29. The van der Waals surface area contributed by atoms with E-state index >= 15 is 0 Å². The Bertz CT molecular complexity index is 832. The minimum absolute atomic E-state index is 0.0926. The van der Waals surface area contributed by atoms with Gasteiger partial charge in [0.1, 0.15) is 11.5 Å². The molecule has 2 aromatic heterocycles. The van der Waals surface area contributed by atoms with Gasteiger partial charge < -0.3 is 10.2 Å². The number of carbonyl (C=O) groups excluding carboxylic acids is 2. The number of hydrogen-bond acceptors (Lipinski definition) is 6. The zero-order valence-corrected chi connectivity index (χ0v) is 12.4. The van der Waals surface area contributed by atoms with Crippen LogP contribution in [0, 0.1) is 0 Å². The molecule has 2 heterocycles. The Morgan fingerprint density at radius 2 is 1.00 bits per heavy atom. The summed E-state index contributed by atoms with van der Waals surface area (Å²) in [7, 11) is 0. The van der Waals surface area contributed by atoms with E-state index in [1.165, 1.54) is 49.1 Å². The highest BCUT2D eigenvalue weighted by atomic mass is 16.3. The summed E-state index contributed by atoms with van der Waals surface area (Å²) in [6.45, 7) is 0. The molecule has 0 aliphatic rings. The molecule has 2 N–H and O–H groups in total. The van der Waals surface area contributed by atoms with Crippen LogP contribution in [0.15, 0.2) is 61.2 Å². The molecule has 0 atom stereocenters. The molecule has 0 unspecified atom stereocenters. The molecule has 0 saturated carbocycles. The molecule has 0 fully saturated rings. The normalized spacial score (nSPS) is 10.3. The number of rotatable bonds is 4. The van der Waals surface area contributed by atoms with E-state index in [4.69, 9.17) is 0 Å². The van der Waals surface area contributed by atoms with Gasteiger partial charge in [0, 0.05) is 35.9 Å². The Kier molecular flexibility index (Phi) is 4.03. The van der Waals surface area contributed by atoms with Crippen molar-refractivity contribution in [3.8, 4) is 11.5 Å². The van der Waals surface area contributed by atoms with Crippen molar-refractivity contribution in [3.05, 3.63) is 83.4 Å². The van der Waals surface area contributed by atoms with Crippen molar-refractivity contribution in [1.82, 2.24) is 9.97 Å². The highest BCUT2D eigenvalue weighted by Gasteiger charge is 2.20. The van der Waals surface area contributed by atoms with Gasteiger partial charge in [0.15, 0.2) is 11.6 Å². The van der Waals surface area contributed by atoms with Crippen molar-refractivity contribution in [2.75, 3.05) is 0 Å². The lowest BCUT2D eigenvalue weighted by Gasteiger charge is -2.09. The van der Waals surface area contributed by atoms with Crippen LogP contribution in [0.1, 0.15) is 31.8 Å². The maximum absolute atomic E-state index is 12.4. The number of benzene rings is 1. The zero-order valence-electron chi connectivity index (χ0n) is 12.4.